The highest BCUT2D eigenvalue weighted by Gasteiger charge is 2.26. The summed E-state index contributed by atoms with van der Waals surface area (Å²) < 4.78 is 58.4. The summed E-state index contributed by atoms with van der Waals surface area (Å²) in [4.78, 5) is 13.7. The zero-order valence-corrected chi connectivity index (χ0v) is 21.0. The van der Waals surface area contributed by atoms with Crippen LogP contribution in [-0.2, 0) is 0 Å². The van der Waals surface area contributed by atoms with E-state index in [9.17, 15) is 18.0 Å². The summed E-state index contributed by atoms with van der Waals surface area (Å²) in [6.07, 6.45) is 0. The SMILES string of the molecule is Cc1c(F)c(NC(=S)Nc2ccc(NC(=O)c3ccccc3F)cc2)c(F)c(N(C)CC(C)C)c1F. The summed E-state index contributed by atoms with van der Waals surface area (Å²) in [6, 6.07) is 11.8. The molecule has 0 aromatic heterocycles. The zero-order valence-electron chi connectivity index (χ0n) is 20.2. The van der Waals surface area contributed by atoms with E-state index in [4.69, 9.17) is 12.2 Å². The molecule has 36 heavy (non-hydrogen) atoms. The molecule has 0 saturated heterocycles. The second kappa shape index (κ2) is 11.4. The molecule has 0 aliphatic heterocycles. The van der Waals surface area contributed by atoms with Crippen LogP contribution in [0.15, 0.2) is 48.5 Å². The highest BCUT2D eigenvalue weighted by atomic mass is 32.1. The second-order valence-corrected chi connectivity index (χ2v) is 9.06. The van der Waals surface area contributed by atoms with Gasteiger partial charge in [-0.1, -0.05) is 26.0 Å². The van der Waals surface area contributed by atoms with E-state index in [-0.39, 0.29) is 27.8 Å². The third-order valence-corrected chi connectivity index (χ3v) is 5.50. The van der Waals surface area contributed by atoms with Crippen molar-refractivity contribution in [2.24, 2.45) is 5.92 Å². The maximum absolute atomic E-state index is 15.2. The fourth-order valence-electron chi connectivity index (χ4n) is 3.61. The van der Waals surface area contributed by atoms with E-state index >= 15 is 4.39 Å². The number of thiocarbonyl (C=S) groups is 1. The van der Waals surface area contributed by atoms with Crippen molar-refractivity contribution in [2.45, 2.75) is 20.8 Å². The topological polar surface area (TPSA) is 56.4 Å². The molecule has 0 bridgehead atoms. The van der Waals surface area contributed by atoms with Crippen LogP contribution in [0.25, 0.3) is 0 Å². The number of anilines is 4. The van der Waals surface area contributed by atoms with Gasteiger partial charge in [0.15, 0.2) is 22.6 Å². The van der Waals surface area contributed by atoms with E-state index in [2.05, 4.69) is 16.0 Å². The van der Waals surface area contributed by atoms with Gasteiger partial charge in [0.1, 0.15) is 17.2 Å². The molecular formula is C26H26F4N4OS. The first kappa shape index (κ1) is 26.9. The van der Waals surface area contributed by atoms with E-state index in [1.165, 1.54) is 37.1 Å². The Morgan fingerprint density at radius 2 is 1.47 bits per heavy atom. The highest BCUT2D eigenvalue weighted by molar-refractivity contribution is 7.80. The monoisotopic (exact) mass is 518 g/mol. The molecule has 0 saturated carbocycles. The Morgan fingerprint density at radius 3 is 2.06 bits per heavy atom. The van der Waals surface area contributed by atoms with Crippen LogP contribution < -0.4 is 20.9 Å². The van der Waals surface area contributed by atoms with Crippen molar-refractivity contribution in [3.05, 3.63) is 82.9 Å². The van der Waals surface area contributed by atoms with E-state index < -0.39 is 34.9 Å². The molecule has 0 aliphatic carbocycles. The van der Waals surface area contributed by atoms with Gasteiger partial charge < -0.3 is 20.9 Å². The minimum atomic E-state index is -1.09. The van der Waals surface area contributed by atoms with E-state index in [1.807, 2.05) is 13.8 Å². The molecule has 10 heteroatoms. The average Bonchev–Trinajstić information content (AvgIpc) is 2.81. The molecule has 0 fully saturated rings. The summed E-state index contributed by atoms with van der Waals surface area (Å²) in [5.74, 6) is -4.26. The lowest BCUT2D eigenvalue weighted by atomic mass is 10.1. The molecule has 0 atom stereocenters. The van der Waals surface area contributed by atoms with Crippen molar-refractivity contribution >= 4 is 46.0 Å². The Balaban J connectivity index is 1.73. The summed E-state index contributed by atoms with van der Waals surface area (Å²) in [7, 11) is 1.53. The lowest BCUT2D eigenvalue weighted by molar-refractivity contribution is 0.102. The average molecular weight is 519 g/mol. The highest BCUT2D eigenvalue weighted by Crippen LogP contribution is 2.34. The molecule has 0 unspecified atom stereocenters. The number of benzene rings is 3. The molecule has 3 rings (SSSR count). The quantitative estimate of drug-likeness (QED) is 0.240. The van der Waals surface area contributed by atoms with Crippen LogP contribution in [0.3, 0.4) is 0 Å². The summed E-state index contributed by atoms with van der Waals surface area (Å²) in [6.45, 7) is 5.39. The normalized spacial score (nSPS) is 10.8. The number of nitrogens with one attached hydrogen (secondary N) is 3. The first-order valence-electron chi connectivity index (χ1n) is 11.1. The number of carbonyl (C=O) groups excluding carboxylic acids is 1. The van der Waals surface area contributed by atoms with Gasteiger partial charge in [0.2, 0.25) is 0 Å². The number of hydrogen-bond donors (Lipinski definition) is 3. The molecule has 0 spiro atoms. The van der Waals surface area contributed by atoms with Crippen LogP contribution in [0.2, 0.25) is 0 Å². The van der Waals surface area contributed by atoms with Crippen molar-refractivity contribution in [1.29, 1.82) is 0 Å². The van der Waals surface area contributed by atoms with Gasteiger partial charge in [-0.15, -0.1) is 0 Å². The van der Waals surface area contributed by atoms with Gasteiger partial charge in [-0.25, -0.2) is 17.6 Å². The van der Waals surface area contributed by atoms with Crippen molar-refractivity contribution in [1.82, 2.24) is 0 Å². The number of hydrogen-bond acceptors (Lipinski definition) is 3. The third kappa shape index (κ3) is 6.12. The van der Waals surface area contributed by atoms with E-state index in [1.54, 1.807) is 30.3 Å². The van der Waals surface area contributed by atoms with Crippen LogP contribution in [0.1, 0.15) is 29.8 Å². The van der Waals surface area contributed by atoms with Gasteiger partial charge in [0, 0.05) is 30.5 Å². The Morgan fingerprint density at radius 1 is 0.889 bits per heavy atom. The number of rotatable bonds is 7. The number of amides is 1. The van der Waals surface area contributed by atoms with Crippen molar-refractivity contribution in [3.8, 4) is 0 Å². The van der Waals surface area contributed by atoms with Crippen LogP contribution in [-0.4, -0.2) is 24.6 Å². The van der Waals surface area contributed by atoms with Gasteiger partial charge in [0.05, 0.1) is 5.56 Å². The molecule has 0 aliphatic rings. The Kier molecular flexibility index (Phi) is 8.52. The first-order valence-corrected chi connectivity index (χ1v) is 11.5. The number of nitrogens with zero attached hydrogens (tertiary/aromatic N) is 1. The lowest BCUT2D eigenvalue weighted by Gasteiger charge is -2.25. The van der Waals surface area contributed by atoms with Crippen molar-refractivity contribution in [3.63, 3.8) is 0 Å². The summed E-state index contributed by atoms with van der Waals surface area (Å²) in [5, 5.41) is 7.73. The van der Waals surface area contributed by atoms with E-state index in [0.29, 0.717) is 17.9 Å². The summed E-state index contributed by atoms with van der Waals surface area (Å²) >= 11 is 5.20. The maximum atomic E-state index is 15.2. The van der Waals surface area contributed by atoms with E-state index in [0.717, 1.165) is 0 Å². The minimum absolute atomic E-state index is 0.0952. The molecule has 190 valence electrons. The van der Waals surface area contributed by atoms with Crippen LogP contribution in [0.4, 0.5) is 40.3 Å². The third-order valence-electron chi connectivity index (χ3n) is 5.29. The first-order chi connectivity index (χ1) is 17.0. The van der Waals surface area contributed by atoms with Gasteiger partial charge in [-0.05, 0) is 61.5 Å². The van der Waals surface area contributed by atoms with Gasteiger partial charge in [0.25, 0.3) is 5.91 Å². The Labute approximate surface area is 212 Å². The maximum Gasteiger partial charge on any atom is 0.258 e. The minimum Gasteiger partial charge on any atom is -0.370 e. The molecule has 3 aromatic rings. The molecule has 0 heterocycles. The predicted molar refractivity (Wildman–Crippen MR) is 140 cm³/mol. The standard InChI is InChI=1S/C26H26F4N4OS/c1-14(2)13-34(4)24-21(29)15(3)20(28)23(22(24)30)33-26(36)32-17-11-9-16(10-12-17)31-25(35)18-7-5-6-8-19(18)27/h5-12,14H,13H2,1-4H3,(H,31,35)(H2,32,33,36). The molecule has 3 aromatic carbocycles. The molecule has 0 radical (unpaired) electrons. The molecule has 5 nitrogen and oxygen atoms in total. The number of halogens is 4. The van der Waals surface area contributed by atoms with Gasteiger partial charge in [-0.2, -0.15) is 0 Å². The fourth-order valence-corrected chi connectivity index (χ4v) is 3.83. The second-order valence-electron chi connectivity index (χ2n) is 8.66. The molecular weight excluding hydrogens is 492 g/mol. The Bertz CT molecular complexity index is 1280. The van der Waals surface area contributed by atoms with Gasteiger partial charge in [-0.3, -0.25) is 4.79 Å². The molecule has 1 amide bonds. The van der Waals surface area contributed by atoms with Crippen LogP contribution in [0.5, 0.6) is 0 Å². The molecule has 3 N–H and O–H groups in total. The predicted octanol–water partition coefficient (Wildman–Crippen LogP) is 6.70. The largest absolute Gasteiger partial charge is 0.370 e. The summed E-state index contributed by atoms with van der Waals surface area (Å²) in [5.41, 5.74) is -0.483. The van der Waals surface area contributed by atoms with Gasteiger partial charge >= 0.3 is 0 Å². The van der Waals surface area contributed by atoms with Crippen molar-refractivity contribution < 1.29 is 22.4 Å². The smallest absolute Gasteiger partial charge is 0.258 e. The van der Waals surface area contributed by atoms with Crippen molar-refractivity contribution in [2.75, 3.05) is 34.4 Å². The fraction of sp³-hybridized carbons (Fsp3) is 0.231. The zero-order chi connectivity index (χ0) is 26.6. The lowest BCUT2D eigenvalue weighted by Crippen LogP contribution is -2.27. The van der Waals surface area contributed by atoms with Crippen LogP contribution in [0, 0.1) is 36.1 Å². The number of carbonyl (C=O) groups is 1. The van der Waals surface area contributed by atoms with Crippen LogP contribution >= 0.6 is 12.2 Å². The Hall–Kier alpha value is -3.66.